The third-order valence-electron chi connectivity index (χ3n) is 28.0. The minimum atomic E-state index is 0.561. The monoisotopic (exact) mass is 1960 g/mol. The van der Waals surface area contributed by atoms with Crippen LogP contribution in [0.25, 0.3) is 297 Å². The molecule has 0 N–H and O–H groups in total. The molecule has 0 bridgehead atoms. The molecular weight excluding hydrogens is 1880 g/mol. The van der Waals surface area contributed by atoms with E-state index in [9.17, 15) is 0 Å². The van der Waals surface area contributed by atoms with E-state index in [1.165, 1.54) is 51.5 Å². The second-order valence-electron chi connectivity index (χ2n) is 37.3. The Labute approximate surface area is 867 Å². The number of benzene rings is 21. The first-order valence-corrected chi connectivity index (χ1v) is 51.4. The summed E-state index contributed by atoms with van der Waals surface area (Å²) in [5.41, 5.74) is 28.2. The van der Waals surface area contributed by atoms with E-state index in [2.05, 4.69) is 370 Å². The minimum Gasteiger partial charge on any atom is -0.456 e. The van der Waals surface area contributed by atoms with Crippen LogP contribution in [0.3, 0.4) is 0 Å². The third kappa shape index (κ3) is 16.6. The highest BCUT2D eigenvalue weighted by Gasteiger charge is 2.25. The highest BCUT2D eigenvalue weighted by atomic mass is 32.1. The molecule has 9 aromatic heterocycles. The summed E-state index contributed by atoms with van der Waals surface area (Å²) in [6.45, 7) is 0. The van der Waals surface area contributed by atoms with Crippen LogP contribution in [0.5, 0.6) is 0 Å². The number of aromatic nitrogens is 9. The van der Waals surface area contributed by atoms with Crippen LogP contribution in [-0.2, 0) is 0 Å². The minimum absolute atomic E-state index is 0.561. The summed E-state index contributed by atoms with van der Waals surface area (Å²) in [7, 11) is 0. The van der Waals surface area contributed by atoms with E-state index in [-0.39, 0.29) is 0 Å². The van der Waals surface area contributed by atoms with E-state index < -0.39 is 0 Å². The maximum absolute atomic E-state index is 6.47. The van der Waals surface area contributed by atoms with Crippen molar-refractivity contribution < 1.29 is 17.7 Å². The van der Waals surface area contributed by atoms with Gasteiger partial charge in [-0.15, -0.1) is 22.7 Å². The Morgan fingerprint density at radius 3 is 0.827 bits per heavy atom. The first-order chi connectivity index (χ1) is 74.2. The zero-order valence-electron chi connectivity index (χ0n) is 80.2. The number of fused-ring (bicyclic) bond motifs is 18. The molecule has 13 nitrogen and oxygen atoms in total. The standard InChI is InChI=1S/C45H27N3O2.2C45H27N3OS/c1-3-11-28(12-4-1)30-15-9-16-31(25-30)43-46-44(32-21-23-36-35-17-7-8-19-38(35)49-40(36)26-32)48-45(47-43)33-22-24-37-41(27-33)50-39-20-10-18-34(42(37)39)29-13-5-2-6-14-29;1-3-11-28(12-4-1)29-19-21-31(22-20-29)43-46-44(32-23-24-35-34-15-8-10-18-40(34)50-41(35)27-32)48-45(47-43)33-25-37(30-13-5-2-6-14-30)42-36-16-7-9-17-38(36)49-39(42)26-33;1-3-9-28(10-4-1)30-15-17-31(18-16-30)43-46-44(48-45(47-43)34-21-24-38-37-13-7-8-14-41(37)50-42(38)27-34)33-20-23-36-35-22-19-32(29-11-5-2-6-12-29)25-39(35)49-40(36)26-33/h3*1-27H. The second kappa shape index (κ2) is 37.5. The molecule has 15 heteroatoms. The summed E-state index contributed by atoms with van der Waals surface area (Å²) >= 11 is 3.58. The first kappa shape index (κ1) is 88.0. The van der Waals surface area contributed by atoms with Gasteiger partial charge in [-0.2, -0.15) is 0 Å². The quantitative estimate of drug-likeness (QED) is 0.0951. The zero-order chi connectivity index (χ0) is 99.1. The van der Waals surface area contributed by atoms with Crippen LogP contribution < -0.4 is 0 Å². The van der Waals surface area contributed by atoms with Crippen LogP contribution >= 0.6 is 22.7 Å². The lowest BCUT2D eigenvalue weighted by molar-refractivity contribution is 0.668. The molecule has 702 valence electrons. The van der Waals surface area contributed by atoms with E-state index in [1.807, 2.05) is 121 Å². The molecule has 0 amide bonds. The predicted molar refractivity (Wildman–Crippen MR) is 616 cm³/mol. The fourth-order valence-corrected chi connectivity index (χ4v) is 22.9. The van der Waals surface area contributed by atoms with Crippen LogP contribution in [0.1, 0.15) is 0 Å². The molecule has 30 aromatic rings. The average molecular weight is 1960 g/mol. The third-order valence-corrected chi connectivity index (χ3v) is 30.3. The van der Waals surface area contributed by atoms with Gasteiger partial charge in [0.15, 0.2) is 52.4 Å². The maximum Gasteiger partial charge on any atom is 0.164 e. The fraction of sp³-hybridized carbons (Fsp3) is 0. The summed E-state index contributed by atoms with van der Waals surface area (Å²) < 4.78 is 30.6. The van der Waals surface area contributed by atoms with E-state index in [4.69, 9.17) is 62.5 Å². The Kier molecular flexibility index (Phi) is 22.0. The molecule has 30 rings (SSSR count). The van der Waals surface area contributed by atoms with Crippen molar-refractivity contribution in [1.82, 2.24) is 44.9 Å². The molecular formula is C135H81N9O4S2. The Hall–Kier alpha value is -19.7. The number of para-hydroxylation sites is 2. The molecule has 0 aliphatic heterocycles. The highest BCUT2D eigenvalue weighted by molar-refractivity contribution is 7.26. The van der Waals surface area contributed by atoms with E-state index in [0.717, 1.165) is 193 Å². The maximum atomic E-state index is 6.47. The number of rotatable bonds is 15. The van der Waals surface area contributed by atoms with Gasteiger partial charge in [0.25, 0.3) is 0 Å². The zero-order valence-corrected chi connectivity index (χ0v) is 81.9. The Bertz CT molecular complexity index is 10500. The van der Waals surface area contributed by atoms with E-state index >= 15 is 0 Å². The summed E-state index contributed by atoms with van der Waals surface area (Å²) in [5.74, 6) is 5.40. The van der Waals surface area contributed by atoms with Gasteiger partial charge in [-0.3, -0.25) is 0 Å². The van der Waals surface area contributed by atoms with Crippen LogP contribution in [0.2, 0.25) is 0 Å². The summed E-state index contributed by atoms with van der Waals surface area (Å²) in [4.78, 5) is 45.8. The number of nitrogens with zero attached hydrogens (tertiary/aromatic N) is 9. The van der Waals surface area contributed by atoms with Crippen molar-refractivity contribution in [1.29, 1.82) is 0 Å². The Morgan fingerprint density at radius 1 is 0.120 bits per heavy atom. The number of thiophene rings is 2. The van der Waals surface area contributed by atoms with E-state index in [1.54, 1.807) is 22.7 Å². The van der Waals surface area contributed by atoms with Gasteiger partial charge < -0.3 is 17.7 Å². The molecule has 0 unspecified atom stereocenters. The van der Waals surface area contributed by atoms with Crippen LogP contribution in [0.15, 0.2) is 509 Å². The molecule has 0 atom stereocenters. The van der Waals surface area contributed by atoms with E-state index in [0.29, 0.717) is 52.4 Å². The number of hydrogen-bond donors (Lipinski definition) is 0. The molecule has 0 fully saturated rings. The molecule has 0 aliphatic rings. The lowest BCUT2D eigenvalue weighted by Crippen LogP contribution is -2.00. The van der Waals surface area contributed by atoms with Gasteiger partial charge >= 0.3 is 0 Å². The second-order valence-corrected chi connectivity index (χ2v) is 39.5. The molecule has 0 saturated heterocycles. The SMILES string of the molecule is c1ccc(-c2ccc(-c3nc(-c4cc(-c5ccccc5)c5c(c4)oc4ccccc45)nc(-c4ccc5c(c4)sc4ccccc45)n3)cc2)cc1.c1ccc(-c2ccc(-c3nc(-c4ccc5c(c4)oc4cc(-c6ccccc6)ccc45)nc(-c4ccc5c(c4)sc4ccccc45)n3)cc2)cc1.c1ccc(-c2cccc(-c3nc(-c4ccc5c(c4)oc4ccccc45)nc(-c4ccc5c(c4)oc4cccc(-c6ccccc6)c45)n3)c2)cc1. The Morgan fingerprint density at radius 2 is 0.360 bits per heavy atom. The van der Waals surface area contributed by atoms with Crippen molar-refractivity contribution in [3.8, 4) is 169 Å². The van der Waals surface area contributed by atoms with Gasteiger partial charge in [-0.25, -0.2) is 44.9 Å². The van der Waals surface area contributed by atoms with Crippen molar-refractivity contribution in [3.05, 3.63) is 491 Å². The van der Waals surface area contributed by atoms with Crippen LogP contribution in [-0.4, -0.2) is 44.9 Å². The van der Waals surface area contributed by atoms with Gasteiger partial charge in [-0.05, 0) is 176 Å². The largest absolute Gasteiger partial charge is 0.456 e. The Balaban J connectivity index is 0.000000108. The van der Waals surface area contributed by atoms with Gasteiger partial charge in [0.05, 0.1) is 0 Å². The van der Waals surface area contributed by atoms with Crippen molar-refractivity contribution in [2.75, 3.05) is 0 Å². The van der Waals surface area contributed by atoms with Gasteiger partial charge in [0.1, 0.15) is 44.7 Å². The number of furan rings is 4. The van der Waals surface area contributed by atoms with Crippen molar-refractivity contribution >= 4 is 151 Å². The summed E-state index contributed by atoms with van der Waals surface area (Å²) in [6, 6.07) is 170. The van der Waals surface area contributed by atoms with Gasteiger partial charge in [0.2, 0.25) is 0 Å². The normalized spacial score (nSPS) is 11.6. The molecule has 0 spiro atoms. The molecule has 0 aliphatic carbocycles. The highest BCUT2D eigenvalue weighted by Crippen LogP contribution is 2.47. The van der Waals surface area contributed by atoms with Crippen LogP contribution in [0.4, 0.5) is 0 Å². The number of hydrogen-bond acceptors (Lipinski definition) is 15. The smallest absolute Gasteiger partial charge is 0.164 e. The van der Waals surface area contributed by atoms with Gasteiger partial charge in [0, 0.05) is 134 Å². The van der Waals surface area contributed by atoms with Crippen molar-refractivity contribution in [2.24, 2.45) is 0 Å². The molecule has 21 aromatic carbocycles. The fourth-order valence-electron chi connectivity index (χ4n) is 20.6. The topological polar surface area (TPSA) is 169 Å². The van der Waals surface area contributed by atoms with Crippen molar-refractivity contribution in [3.63, 3.8) is 0 Å². The summed E-state index contributed by atoms with van der Waals surface area (Å²) in [5, 5.41) is 13.6. The molecule has 150 heavy (non-hydrogen) atoms. The lowest BCUT2D eigenvalue weighted by Gasteiger charge is -2.11. The van der Waals surface area contributed by atoms with Crippen LogP contribution in [0, 0.1) is 0 Å². The lowest BCUT2D eigenvalue weighted by atomic mass is 9.97. The molecule has 9 heterocycles. The van der Waals surface area contributed by atoms with Gasteiger partial charge in [-0.1, -0.05) is 382 Å². The van der Waals surface area contributed by atoms with Crippen molar-refractivity contribution in [2.45, 2.75) is 0 Å². The summed E-state index contributed by atoms with van der Waals surface area (Å²) in [6.07, 6.45) is 0. The predicted octanol–water partition coefficient (Wildman–Crippen LogP) is 37.0. The first-order valence-electron chi connectivity index (χ1n) is 49.8. The molecule has 0 radical (unpaired) electrons. The molecule has 0 saturated carbocycles. The average Bonchev–Trinajstić information content (AvgIpc) is 1.57.